The van der Waals surface area contributed by atoms with Crippen molar-refractivity contribution in [3.05, 3.63) is 53.9 Å². The third-order valence-corrected chi connectivity index (χ3v) is 4.08. The first-order chi connectivity index (χ1) is 9.12. The lowest BCUT2D eigenvalue weighted by atomic mass is 10.2. The van der Waals surface area contributed by atoms with Crippen LogP contribution in [0.1, 0.15) is 11.3 Å². The van der Waals surface area contributed by atoms with Crippen LogP contribution in [0.25, 0.3) is 0 Å². The number of sulfonamides is 1. The van der Waals surface area contributed by atoms with E-state index in [-0.39, 0.29) is 11.4 Å². The molecule has 1 aromatic carbocycles. The monoisotopic (exact) mass is 279 g/mol. The first-order valence-electron chi connectivity index (χ1n) is 5.97. The number of rotatable bonds is 6. The largest absolute Gasteiger partial charge is 0.363 e. The SMILES string of the molecule is CNCc1cc(S(=O)(=O)NCc2ccccc2)c[nH]1. The van der Waals surface area contributed by atoms with E-state index in [9.17, 15) is 8.42 Å². The van der Waals surface area contributed by atoms with E-state index in [1.54, 1.807) is 6.07 Å². The number of benzene rings is 1. The molecule has 3 N–H and O–H groups in total. The molecule has 0 aliphatic carbocycles. The van der Waals surface area contributed by atoms with Crippen molar-refractivity contribution >= 4 is 10.0 Å². The minimum Gasteiger partial charge on any atom is -0.363 e. The van der Waals surface area contributed by atoms with Crippen molar-refractivity contribution in [1.29, 1.82) is 0 Å². The van der Waals surface area contributed by atoms with Gasteiger partial charge in [-0.2, -0.15) is 0 Å². The highest BCUT2D eigenvalue weighted by atomic mass is 32.2. The molecule has 0 fully saturated rings. The van der Waals surface area contributed by atoms with Gasteiger partial charge < -0.3 is 10.3 Å². The van der Waals surface area contributed by atoms with E-state index in [4.69, 9.17) is 0 Å². The number of nitrogens with one attached hydrogen (secondary N) is 3. The molecule has 0 atom stereocenters. The van der Waals surface area contributed by atoms with E-state index >= 15 is 0 Å². The summed E-state index contributed by atoms with van der Waals surface area (Å²) in [5.74, 6) is 0. The summed E-state index contributed by atoms with van der Waals surface area (Å²) in [5, 5.41) is 2.96. The van der Waals surface area contributed by atoms with Crippen LogP contribution >= 0.6 is 0 Å². The molecule has 0 bridgehead atoms. The van der Waals surface area contributed by atoms with Gasteiger partial charge in [-0.3, -0.25) is 0 Å². The normalized spacial score (nSPS) is 11.6. The van der Waals surface area contributed by atoms with Gasteiger partial charge in [0.05, 0.1) is 4.90 Å². The zero-order valence-electron chi connectivity index (χ0n) is 10.7. The van der Waals surface area contributed by atoms with Crippen LogP contribution in [0.5, 0.6) is 0 Å². The molecule has 5 nitrogen and oxygen atoms in total. The van der Waals surface area contributed by atoms with E-state index in [1.807, 2.05) is 37.4 Å². The van der Waals surface area contributed by atoms with Gasteiger partial charge in [0, 0.05) is 25.0 Å². The summed E-state index contributed by atoms with van der Waals surface area (Å²) in [6.45, 7) is 0.893. The highest BCUT2D eigenvalue weighted by molar-refractivity contribution is 7.89. The molecule has 0 saturated heterocycles. The summed E-state index contributed by atoms with van der Waals surface area (Å²) < 4.78 is 26.7. The van der Waals surface area contributed by atoms with Crippen molar-refractivity contribution < 1.29 is 8.42 Å². The molecule has 19 heavy (non-hydrogen) atoms. The summed E-state index contributed by atoms with van der Waals surface area (Å²) in [6.07, 6.45) is 1.50. The van der Waals surface area contributed by atoms with Crippen molar-refractivity contribution in [3.8, 4) is 0 Å². The zero-order valence-corrected chi connectivity index (χ0v) is 11.5. The lowest BCUT2D eigenvalue weighted by molar-refractivity contribution is 0.581. The Morgan fingerprint density at radius 3 is 2.58 bits per heavy atom. The molecule has 0 radical (unpaired) electrons. The maximum Gasteiger partial charge on any atom is 0.242 e. The maximum atomic E-state index is 12.1. The number of aromatic nitrogens is 1. The average molecular weight is 279 g/mol. The summed E-state index contributed by atoms with van der Waals surface area (Å²) in [6, 6.07) is 11.0. The summed E-state index contributed by atoms with van der Waals surface area (Å²) in [5.41, 5.74) is 1.76. The van der Waals surface area contributed by atoms with Crippen molar-refractivity contribution in [2.75, 3.05) is 7.05 Å². The highest BCUT2D eigenvalue weighted by Gasteiger charge is 2.15. The fourth-order valence-corrected chi connectivity index (χ4v) is 2.76. The molecule has 6 heteroatoms. The number of aromatic amines is 1. The van der Waals surface area contributed by atoms with Gasteiger partial charge in [-0.1, -0.05) is 30.3 Å². The van der Waals surface area contributed by atoms with E-state index in [2.05, 4.69) is 15.0 Å². The van der Waals surface area contributed by atoms with Gasteiger partial charge in [-0.15, -0.1) is 0 Å². The van der Waals surface area contributed by atoms with Gasteiger partial charge in [0.1, 0.15) is 0 Å². The number of hydrogen-bond acceptors (Lipinski definition) is 3. The minimum absolute atomic E-state index is 0.258. The second-order valence-corrected chi connectivity index (χ2v) is 5.97. The smallest absolute Gasteiger partial charge is 0.242 e. The average Bonchev–Trinajstić information content (AvgIpc) is 2.88. The standard InChI is InChI=1S/C13H17N3O2S/c1-14-9-12-7-13(10-15-12)19(17,18)16-8-11-5-3-2-4-6-11/h2-7,10,14-16H,8-9H2,1H3. The quantitative estimate of drug-likeness (QED) is 0.744. The van der Waals surface area contributed by atoms with Crippen molar-refractivity contribution in [2.24, 2.45) is 0 Å². The minimum atomic E-state index is -3.46. The Morgan fingerprint density at radius 1 is 1.16 bits per heavy atom. The molecule has 0 saturated carbocycles. The Morgan fingerprint density at radius 2 is 1.89 bits per heavy atom. The molecular formula is C13H17N3O2S. The van der Waals surface area contributed by atoms with Crippen LogP contribution in [0, 0.1) is 0 Å². The lowest BCUT2D eigenvalue weighted by Gasteiger charge is -2.04. The molecule has 1 heterocycles. The Kier molecular flexibility index (Phi) is 4.36. The molecule has 102 valence electrons. The Labute approximate surface area is 113 Å². The summed E-state index contributed by atoms with van der Waals surface area (Å²) in [7, 11) is -1.66. The van der Waals surface area contributed by atoms with Crippen LogP contribution in [0.3, 0.4) is 0 Å². The van der Waals surface area contributed by atoms with Gasteiger partial charge in [0.2, 0.25) is 10.0 Å². The zero-order chi connectivity index (χ0) is 13.7. The van der Waals surface area contributed by atoms with E-state index < -0.39 is 10.0 Å². The first kappa shape index (κ1) is 13.8. The number of H-pyrrole nitrogens is 1. The van der Waals surface area contributed by atoms with Crippen LogP contribution in [-0.2, 0) is 23.1 Å². The van der Waals surface area contributed by atoms with Gasteiger partial charge >= 0.3 is 0 Å². The molecule has 1 aromatic heterocycles. The van der Waals surface area contributed by atoms with E-state index in [0.717, 1.165) is 11.3 Å². The Balaban J connectivity index is 2.05. The van der Waals surface area contributed by atoms with Crippen LogP contribution in [-0.4, -0.2) is 20.4 Å². The van der Waals surface area contributed by atoms with Crippen molar-refractivity contribution in [2.45, 2.75) is 18.0 Å². The predicted octanol–water partition coefficient (Wildman–Crippen LogP) is 1.21. The molecule has 0 amide bonds. The predicted molar refractivity (Wildman–Crippen MR) is 74.0 cm³/mol. The maximum absolute atomic E-state index is 12.1. The van der Waals surface area contributed by atoms with E-state index in [0.29, 0.717) is 6.54 Å². The molecule has 0 spiro atoms. The van der Waals surface area contributed by atoms with Crippen LogP contribution < -0.4 is 10.0 Å². The second kappa shape index (κ2) is 6.01. The highest BCUT2D eigenvalue weighted by Crippen LogP contribution is 2.11. The van der Waals surface area contributed by atoms with Crippen LogP contribution in [0.2, 0.25) is 0 Å². The third-order valence-electron chi connectivity index (χ3n) is 2.70. The van der Waals surface area contributed by atoms with Crippen molar-refractivity contribution in [1.82, 2.24) is 15.0 Å². The second-order valence-electron chi connectivity index (χ2n) is 4.20. The van der Waals surface area contributed by atoms with Gasteiger partial charge in [0.15, 0.2) is 0 Å². The summed E-state index contributed by atoms with van der Waals surface area (Å²) in [4.78, 5) is 3.19. The van der Waals surface area contributed by atoms with Crippen LogP contribution in [0.4, 0.5) is 0 Å². The Bertz CT molecular complexity index is 620. The Hall–Kier alpha value is -1.63. The van der Waals surface area contributed by atoms with Gasteiger partial charge in [0.25, 0.3) is 0 Å². The summed E-state index contributed by atoms with van der Waals surface area (Å²) >= 11 is 0. The lowest BCUT2D eigenvalue weighted by Crippen LogP contribution is -2.22. The molecule has 0 unspecified atom stereocenters. The fourth-order valence-electron chi connectivity index (χ4n) is 1.72. The topological polar surface area (TPSA) is 74.0 Å². The third kappa shape index (κ3) is 3.66. The molecular weight excluding hydrogens is 262 g/mol. The fraction of sp³-hybridized carbons (Fsp3) is 0.231. The number of hydrogen-bond donors (Lipinski definition) is 3. The first-order valence-corrected chi connectivity index (χ1v) is 7.45. The molecule has 2 aromatic rings. The van der Waals surface area contributed by atoms with Crippen molar-refractivity contribution in [3.63, 3.8) is 0 Å². The van der Waals surface area contributed by atoms with E-state index in [1.165, 1.54) is 6.20 Å². The molecule has 0 aliphatic heterocycles. The van der Waals surface area contributed by atoms with Crippen LogP contribution in [0.15, 0.2) is 47.5 Å². The van der Waals surface area contributed by atoms with Gasteiger partial charge in [-0.05, 0) is 18.7 Å². The molecule has 2 rings (SSSR count). The van der Waals surface area contributed by atoms with Gasteiger partial charge in [-0.25, -0.2) is 13.1 Å². The molecule has 0 aliphatic rings.